The third kappa shape index (κ3) is 4.06. The smallest absolute Gasteiger partial charge is 0.417 e. The average Bonchev–Trinajstić information content (AvgIpc) is 3.07. The van der Waals surface area contributed by atoms with Crippen molar-refractivity contribution in [3.63, 3.8) is 0 Å². The molecular formula is C20H17BrF3NO3. The molecule has 0 radical (unpaired) electrons. The summed E-state index contributed by atoms with van der Waals surface area (Å²) in [6, 6.07) is 13.1. The van der Waals surface area contributed by atoms with E-state index in [-0.39, 0.29) is 6.61 Å². The van der Waals surface area contributed by atoms with Gasteiger partial charge in [0.15, 0.2) is 0 Å². The third-order valence-corrected chi connectivity index (χ3v) is 5.92. The van der Waals surface area contributed by atoms with E-state index in [1.54, 1.807) is 31.2 Å². The van der Waals surface area contributed by atoms with Crippen LogP contribution in [0.25, 0.3) is 0 Å². The van der Waals surface area contributed by atoms with E-state index < -0.39 is 40.5 Å². The van der Waals surface area contributed by atoms with Gasteiger partial charge in [-0.2, -0.15) is 13.2 Å². The van der Waals surface area contributed by atoms with E-state index in [0.29, 0.717) is 5.56 Å². The van der Waals surface area contributed by atoms with Crippen molar-refractivity contribution in [1.29, 1.82) is 0 Å². The van der Waals surface area contributed by atoms with E-state index in [1.165, 1.54) is 12.1 Å². The first kappa shape index (κ1) is 20.4. The Morgan fingerprint density at radius 3 is 2.32 bits per heavy atom. The molecule has 28 heavy (non-hydrogen) atoms. The van der Waals surface area contributed by atoms with E-state index in [2.05, 4.69) is 15.9 Å². The molecule has 0 saturated carbocycles. The average molecular weight is 456 g/mol. The molecule has 2 amide bonds. The fourth-order valence-corrected chi connectivity index (χ4v) is 3.60. The Hall–Kier alpha value is -2.35. The van der Waals surface area contributed by atoms with Gasteiger partial charge in [-0.1, -0.05) is 65.3 Å². The van der Waals surface area contributed by atoms with Gasteiger partial charge >= 0.3 is 12.3 Å². The largest absolute Gasteiger partial charge is 0.446 e. The van der Waals surface area contributed by atoms with Crippen LogP contribution in [0, 0.1) is 0 Å². The van der Waals surface area contributed by atoms with E-state index in [9.17, 15) is 22.8 Å². The molecule has 1 aliphatic rings. The SMILES string of the molecule is C[C@@H](c1ccc(C(F)(F)F)cc1)[C@@H](Br)C(=O)N1C(=O)OCC1c1ccccc1. The number of hydrogen-bond donors (Lipinski definition) is 0. The normalized spacial score (nSPS) is 19.2. The minimum Gasteiger partial charge on any atom is -0.446 e. The number of amides is 2. The van der Waals surface area contributed by atoms with Crippen LogP contribution < -0.4 is 0 Å². The van der Waals surface area contributed by atoms with Gasteiger partial charge in [0.25, 0.3) is 0 Å². The van der Waals surface area contributed by atoms with Crippen LogP contribution in [0.1, 0.15) is 35.6 Å². The molecule has 8 heteroatoms. The predicted octanol–water partition coefficient (Wildman–Crippen LogP) is 5.29. The standard InChI is InChI=1S/C20H17BrF3NO3/c1-12(13-7-9-15(10-8-13)20(22,23)24)17(21)18(26)25-16(11-28-19(25)27)14-5-3-2-4-6-14/h2-10,12,16-17H,11H2,1H3/t12-,16?,17+/m0/s1. The highest BCUT2D eigenvalue weighted by molar-refractivity contribution is 9.10. The van der Waals surface area contributed by atoms with Crippen LogP contribution in [0.2, 0.25) is 0 Å². The van der Waals surface area contributed by atoms with Gasteiger partial charge in [-0.3, -0.25) is 4.79 Å². The highest BCUT2D eigenvalue weighted by Gasteiger charge is 2.42. The van der Waals surface area contributed by atoms with Crippen molar-refractivity contribution in [2.24, 2.45) is 0 Å². The van der Waals surface area contributed by atoms with Crippen LogP contribution in [0.15, 0.2) is 54.6 Å². The predicted molar refractivity (Wildman–Crippen MR) is 100.0 cm³/mol. The second-order valence-corrected chi connectivity index (χ2v) is 7.51. The number of carbonyl (C=O) groups excluding carboxylic acids is 2. The maximum absolute atomic E-state index is 13.0. The van der Waals surface area contributed by atoms with Crippen molar-refractivity contribution in [2.75, 3.05) is 6.61 Å². The van der Waals surface area contributed by atoms with E-state index >= 15 is 0 Å². The van der Waals surface area contributed by atoms with Gasteiger partial charge < -0.3 is 4.74 Å². The maximum atomic E-state index is 13.0. The van der Waals surface area contributed by atoms with Crippen LogP contribution in [0.5, 0.6) is 0 Å². The van der Waals surface area contributed by atoms with Crippen LogP contribution in [-0.4, -0.2) is 28.3 Å². The monoisotopic (exact) mass is 455 g/mol. The number of nitrogens with zero attached hydrogens (tertiary/aromatic N) is 1. The Balaban J connectivity index is 1.79. The zero-order valence-corrected chi connectivity index (χ0v) is 16.4. The fourth-order valence-electron chi connectivity index (χ4n) is 3.08. The van der Waals surface area contributed by atoms with Crippen molar-refractivity contribution >= 4 is 27.9 Å². The van der Waals surface area contributed by atoms with Crippen molar-refractivity contribution in [1.82, 2.24) is 4.90 Å². The summed E-state index contributed by atoms with van der Waals surface area (Å²) in [5.74, 6) is -0.955. The first-order valence-electron chi connectivity index (χ1n) is 8.56. The van der Waals surface area contributed by atoms with E-state index in [4.69, 9.17) is 4.74 Å². The Morgan fingerprint density at radius 2 is 1.75 bits per heavy atom. The molecule has 2 aromatic rings. The first-order chi connectivity index (χ1) is 13.2. The third-order valence-electron chi connectivity index (χ3n) is 4.73. The number of ether oxygens (including phenoxy) is 1. The number of cyclic esters (lactones) is 1. The summed E-state index contributed by atoms with van der Waals surface area (Å²) < 4.78 is 43.3. The molecule has 1 heterocycles. The summed E-state index contributed by atoms with van der Waals surface area (Å²) in [6.07, 6.45) is -5.16. The summed E-state index contributed by atoms with van der Waals surface area (Å²) in [7, 11) is 0. The second kappa shape index (κ2) is 7.95. The summed E-state index contributed by atoms with van der Waals surface area (Å²) in [6.45, 7) is 1.77. The number of hydrogen-bond acceptors (Lipinski definition) is 3. The molecule has 1 saturated heterocycles. The molecule has 0 bridgehead atoms. The molecule has 148 valence electrons. The quantitative estimate of drug-likeness (QED) is 0.588. The lowest BCUT2D eigenvalue weighted by Crippen LogP contribution is -2.40. The minimum atomic E-state index is -4.42. The zero-order chi connectivity index (χ0) is 20.5. The van der Waals surface area contributed by atoms with Gasteiger partial charge in [0.1, 0.15) is 17.5 Å². The molecule has 1 aliphatic heterocycles. The molecule has 4 nitrogen and oxygen atoms in total. The summed E-state index contributed by atoms with van der Waals surface area (Å²) in [5.41, 5.74) is 0.559. The topological polar surface area (TPSA) is 46.6 Å². The lowest BCUT2D eigenvalue weighted by molar-refractivity contribution is -0.137. The minimum absolute atomic E-state index is 0.0585. The molecule has 3 rings (SSSR count). The zero-order valence-electron chi connectivity index (χ0n) is 14.8. The molecule has 0 spiro atoms. The summed E-state index contributed by atoms with van der Waals surface area (Å²) >= 11 is 3.32. The molecule has 1 unspecified atom stereocenters. The number of rotatable bonds is 4. The van der Waals surface area contributed by atoms with Crippen molar-refractivity contribution < 1.29 is 27.5 Å². The van der Waals surface area contributed by atoms with Crippen LogP contribution in [-0.2, 0) is 15.7 Å². The highest BCUT2D eigenvalue weighted by Crippen LogP contribution is 2.35. The van der Waals surface area contributed by atoms with Crippen LogP contribution >= 0.6 is 15.9 Å². The van der Waals surface area contributed by atoms with Gasteiger partial charge in [-0.05, 0) is 23.3 Å². The molecular weight excluding hydrogens is 439 g/mol. The lowest BCUT2D eigenvalue weighted by Gasteiger charge is -2.25. The Kier molecular flexibility index (Phi) is 5.79. The van der Waals surface area contributed by atoms with Gasteiger partial charge in [0.05, 0.1) is 5.56 Å². The highest BCUT2D eigenvalue weighted by atomic mass is 79.9. The fraction of sp³-hybridized carbons (Fsp3) is 0.300. The lowest BCUT2D eigenvalue weighted by atomic mass is 9.95. The van der Waals surface area contributed by atoms with E-state index in [0.717, 1.165) is 22.6 Å². The second-order valence-electron chi connectivity index (χ2n) is 6.52. The number of alkyl halides is 4. The van der Waals surface area contributed by atoms with E-state index in [1.807, 2.05) is 6.07 Å². The Morgan fingerprint density at radius 1 is 1.14 bits per heavy atom. The van der Waals surface area contributed by atoms with Gasteiger partial charge in [0.2, 0.25) is 5.91 Å². The maximum Gasteiger partial charge on any atom is 0.417 e. The van der Waals surface area contributed by atoms with Crippen molar-refractivity contribution in [3.8, 4) is 0 Å². The summed E-state index contributed by atoms with van der Waals surface area (Å²) in [5, 5.41) is 0. The number of carbonyl (C=O) groups is 2. The Labute approximate surface area is 168 Å². The number of halogens is 4. The molecule has 3 atom stereocenters. The van der Waals surface area contributed by atoms with Gasteiger partial charge in [-0.25, -0.2) is 9.69 Å². The van der Waals surface area contributed by atoms with Gasteiger partial charge in [0, 0.05) is 5.92 Å². The molecule has 0 aliphatic carbocycles. The number of imide groups is 1. The molecule has 0 N–H and O–H groups in total. The van der Waals surface area contributed by atoms with Crippen molar-refractivity contribution in [2.45, 2.75) is 29.9 Å². The molecule has 1 fully saturated rings. The van der Waals surface area contributed by atoms with Crippen molar-refractivity contribution in [3.05, 3.63) is 71.3 Å². The molecule has 2 aromatic carbocycles. The van der Waals surface area contributed by atoms with Gasteiger partial charge in [-0.15, -0.1) is 0 Å². The summed E-state index contributed by atoms with van der Waals surface area (Å²) in [4.78, 5) is 25.4. The number of benzene rings is 2. The molecule has 0 aromatic heterocycles. The van der Waals surface area contributed by atoms with Crippen LogP contribution in [0.3, 0.4) is 0 Å². The first-order valence-corrected chi connectivity index (χ1v) is 9.47. The van der Waals surface area contributed by atoms with Crippen LogP contribution in [0.4, 0.5) is 18.0 Å². The Bertz CT molecular complexity index is 855.